The second-order valence-electron chi connectivity index (χ2n) is 7.76. The van der Waals surface area contributed by atoms with Crippen LogP contribution >= 0.6 is 0 Å². The van der Waals surface area contributed by atoms with Crippen molar-refractivity contribution in [2.75, 3.05) is 75.9 Å². The van der Waals surface area contributed by atoms with Crippen molar-refractivity contribution in [1.29, 1.82) is 0 Å². The number of piperazine rings is 1. The Morgan fingerprint density at radius 2 is 1.75 bits per heavy atom. The van der Waals surface area contributed by atoms with E-state index in [0.29, 0.717) is 5.95 Å². The molecule has 0 spiro atoms. The van der Waals surface area contributed by atoms with Gasteiger partial charge >= 0.3 is 0 Å². The molecule has 28 heavy (non-hydrogen) atoms. The van der Waals surface area contributed by atoms with Crippen molar-refractivity contribution in [3.8, 4) is 0 Å². The van der Waals surface area contributed by atoms with Crippen molar-refractivity contribution in [2.24, 2.45) is 0 Å². The third-order valence-electron chi connectivity index (χ3n) is 4.93. The second kappa shape index (κ2) is 9.71. The van der Waals surface area contributed by atoms with Crippen LogP contribution in [-0.4, -0.2) is 80.2 Å². The average Bonchev–Trinajstić information content (AvgIpc) is 2.66. The van der Waals surface area contributed by atoms with Gasteiger partial charge in [0.15, 0.2) is 0 Å². The number of hydrogen-bond acceptors (Lipinski definition) is 7. The summed E-state index contributed by atoms with van der Waals surface area (Å²) >= 11 is 0. The molecule has 3 rings (SSSR count). The first-order valence-corrected chi connectivity index (χ1v) is 10.0. The van der Waals surface area contributed by atoms with E-state index >= 15 is 0 Å². The predicted octanol–water partition coefficient (Wildman–Crippen LogP) is 2.64. The Labute approximate surface area is 168 Å². The number of nitrogens with one attached hydrogen (secondary N) is 2. The molecule has 0 saturated carbocycles. The van der Waals surface area contributed by atoms with E-state index in [2.05, 4.69) is 80.7 Å². The summed E-state index contributed by atoms with van der Waals surface area (Å²) in [6, 6.07) is 10.5. The van der Waals surface area contributed by atoms with Crippen LogP contribution in [0.1, 0.15) is 12.1 Å². The zero-order valence-corrected chi connectivity index (χ0v) is 17.6. The van der Waals surface area contributed by atoms with Gasteiger partial charge in [-0.3, -0.25) is 0 Å². The fourth-order valence-electron chi connectivity index (χ4n) is 3.28. The van der Waals surface area contributed by atoms with E-state index in [-0.39, 0.29) is 0 Å². The molecule has 152 valence electrons. The molecule has 0 radical (unpaired) electrons. The van der Waals surface area contributed by atoms with Crippen LogP contribution < -0.4 is 15.5 Å². The minimum Gasteiger partial charge on any atom is -0.370 e. The molecule has 1 aliphatic heterocycles. The molecular weight excluding hydrogens is 350 g/mol. The summed E-state index contributed by atoms with van der Waals surface area (Å²) in [6.07, 6.45) is 1.08. The molecular formula is C21H33N7. The van der Waals surface area contributed by atoms with Crippen molar-refractivity contribution in [2.45, 2.75) is 13.3 Å². The molecule has 7 heteroatoms. The first kappa shape index (κ1) is 20.4. The van der Waals surface area contributed by atoms with Gasteiger partial charge in [-0.25, -0.2) is 4.98 Å². The van der Waals surface area contributed by atoms with E-state index in [1.165, 1.54) is 5.69 Å². The van der Waals surface area contributed by atoms with Crippen molar-refractivity contribution in [1.82, 2.24) is 19.8 Å². The van der Waals surface area contributed by atoms with Crippen molar-refractivity contribution >= 4 is 23.1 Å². The number of benzene rings is 1. The van der Waals surface area contributed by atoms with Gasteiger partial charge in [-0.15, -0.1) is 0 Å². The summed E-state index contributed by atoms with van der Waals surface area (Å²) in [4.78, 5) is 16.1. The summed E-state index contributed by atoms with van der Waals surface area (Å²) in [5.74, 6) is 1.49. The molecule has 1 fully saturated rings. The van der Waals surface area contributed by atoms with E-state index < -0.39 is 0 Å². The first-order valence-electron chi connectivity index (χ1n) is 10.0. The molecule has 2 heterocycles. The molecule has 1 aromatic heterocycles. The van der Waals surface area contributed by atoms with Gasteiger partial charge in [0.05, 0.1) is 0 Å². The highest BCUT2D eigenvalue weighted by Gasteiger charge is 2.14. The quantitative estimate of drug-likeness (QED) is 0.680. The summed E-state index contributed by atoms with van der Waals surface area (Å²) in [6.45, 7) is 8.33. The predicted molar refractivity (Wildman–Crippen MR) is 118 cm³/mol. The standard InChI is InChI=1S/C21H33N7/c1-17-16-20(22-10-5-11-26(2)3)25-21(23-17)24-18-6-8-19(9-7-18)28-14-12-27(4)13-15-28/h6-9,16H,5,10-15H2,1-4H3,(H2,22,23,24,25). The van der Waals surface area contributed by atoms with Gasteiger partial charge in [0.25, 0.3) is 0 Å². The fourth-order valence-corrected chi connectivity index (χ4v) is 3.28. The van der Waals surface area contributed by atoms with Gasteiger partial charge in [0, 0.05) is 55.9 Å². The molecule has 2 aromatic rings. The van der Waals surface area contributed by atoms with Crippen LogP contribution in [0.15, 0.2) is 30.3 Å². The highest BCUT2D eigenvalue weighted by atomic mass is 15.2. The molecule has 2 N–H and O–H groups in total. The van der Waals surface area contributed by atoms with E-state index in [1.807, 2.05) is 13.0 Å². The molecule has 7 nitrogen and oxygen atoms in total. The SMILES string of the molecule is Cc1cc(NCCCN(C)C)nc(Nc2ccc(N3CCN(C)CC3)cc2)n1. The van der Waals surface area contributed by atoms with Gasteiger partial charge in [0.1, 0.15) is 5.82 Å². The zero-order valence-electron chi connectivity index (χ0n) is 17.6. The smallest absolute Gasteiger partial charge is 0.229 e. The number of nitrogens with zero attached hydrogens (tertiary/aromatic N) is 5. The van der Waals surface area contributed by atoms with Gasteiger partial charge in [-0.1, -0.05) is 0 Å². The number of hydrogen-bond donors (Lipinski definition) is 2. The summed E-state index contributed by atoms with van der Waals surface area (Å²) in [5.41, 5.74) is 3.22. The van der Waals surface area contributed by atoms with Crippen molar-refractivity contribution < 1.29 is 0 Å². The summed E-state index contributed by atoms with van der Waals surface area (Å²) in [5, 5.41) is 6.73. The minimum absolute atomic E-state index is 0.627. The maximum atomic E-state index is 4.60. The lowest BCUT2D eigenvalue weighted by atomic mass is 10.2. The summed E-state index contributed by atoms with van der Waals surface area (Å²) in [7, 11) is 6.36. The number of aryl methyl sites for hydroxylation is 1. The first-order chi connectivity index (χ1) is 13.5. The van der Waals surface area contributed by atoms with Crippen LogP contribution in [0.4, 0.5) is 23.1 Å². The molecule has 0 aliphatic carbocycles. The lowest BCUT2D eigenvalue weighted by Crippen LogP contribution is -2.44. The van der Waals surface area contributed by atoms with Crippen LogP contribution in [0, 0.1) is 6.92 Å². The van der Waals surface area contributed by atoms with Crippen LogP contribution in [0.5, 0.6) is 0 Å². The van der Waals surface area contributed by atoms with Gasteiger partial charge in [0.2, 0.25) is 5.95 Å². The minimum atomic E-state index is 0.627. The molecule has 0 unspecified atom stereocenters. The lowest BCUT2D eigenvalue weighted by Gasteiger charge is -2.34. The van der Waals surface area contributed by atoms with E-state index in [4.69, 9.17) is 0 Å². The zero-order chi connectivity index (χ0) is 19.9. The third-order valence-corrected chi connectivity index (χ3v) is 4.93. The van der Waals surface area contributed by atoms with Crippen molar-refractivity contribution in [3.63, 3.8) is 0 Å². The number of likely N-dealkylation sites (N-methyl/N-ethyl adjacent to an activating group) is 1. The Kier molecular flexibility index (Phi) is 7.06. The van der Waals surface area contributed by atoms with Crippen LogP contribution in [0.3, 0.4) is 0 Å². The molecule has 0 bridgehead atoms. The molecule has 1 saturated heterocycles. The van der Waals surface area contributed by atoms with Crippen LogP contribution in [0.25, 0.3) is 0 Å². The monoisotopic (exact) mass is 383 g/mol. The van der Waals surface area contributed by atoms with Crippen LogP contribution in [0.2, 0.25) is 0 Å². The topological polar surface area (TPSA) is 59.6 Å². The summed E-state index contributed by atoms with van der Waals surface area (Å²) < 4.78 is 0. The van der Waals surface area contributed by atoms with Crippen molar-refractivity contribution in [3.05, 3.63) is 36.0 Å². The Bertz CT molecular complexity index is 737. The van der Waals surface area contributed by atoms with Gasteiger partial charge < -0.3 is 25.3 Å². The second-order valence-corrected chi connectivity index (χ2v) is 7.76. The average molecular weight is 384 g/mol. The third kappa shape index (κ3) is 6.07. The largest absolute Gasteiger partial charge is 0.370 e. The Morgan fingerprint density at radius 1 is 1.04 bits per heavy atom. The number of anilines is 4. The number of rotatable bonds is 8. The van der Waals surface area contributed by atoms with E-state index in [9.17, 15) is 0 Å². The normalized spacial score (nSPS) is 15.1. The molecule has 0 amide bonds. The maximum Gasteiger partial charge on any atom is 0.229 e. The molecule has 0 atom stereocenters. The number of aromatic nitrogens is 2. The van der Waals surface area contributed by atoms with E-state index in [1.54, 1.807) is 0 Å². The highest BCUT2D eigenvalue weighted by Crippen LogP contribution is 2.21. The highest BCUT2D eigenvalue weighted by molar-refractivity contribution is 5.60. The molecule has 1 aromatic carbocycles. The Hall–Kier alpha value is -2.38. The van der Waals surface area contributed by atoms with E-state index in [0.717, 1.165) is 62.9 Å². The van der Waals surface area contributed by atoms with Gasteiger partial charge in [-0.2, -0.15) is 4.98 Å². The lowest BCUT2D eigenvalue weighted by molar-refractivity contribution is 0.313. The molecule has 1 aliphatic rings. The maximum absolute atomic E-state index is 4.60. The fraction of sp³-hybridized carbons (Fsp3) is 0.524. The van der Waals surface area contributed by atoms with Gasteiger partial charge in [-0.05, 0) is 65.3 Å². The van der Waals surface area contributed by atoms with Crippen LogP contribution in [-0.2, 0) is 0 Å². The Balaban J connectivity index is 1.58. The Morgan fingerprint density at radius 3 is 2.43 bits per heavy atom.